The molecule has 19 heavy (non-hydrogen) atoms. The van der Waals surface area contributed by atoms with Crippen molar-refractivity contribution in [3.05, 3.63) is 46.9 Å². The minimum Gasteiger partial charge on any atom is -0.457 e. The van der Waals surface area contributed by atoms with E-state index in [0.29, 0.717) is 28.5 Å². The van der Waals surface area contributed by atoms with Gasteiger partial charge in [0.25, 0.3) is 0 Å². The zero-order valence-electron chi connectivity index (χ0n) is 10.3. The quantitative estimate of drug-likeness (QED) is 0.651. The highest BCUT2D eigenvalue weighted by molar-refractivity contribution is 7.80. The maximum atomic E-state index is 13.0. The fourth-order valence-electron chi connectivity index (χ4n) is 1.68. The van der Waals surface area contributed by atoms with Gasteiger partial charge in [-0.15, -0.1) is 0 Å². The maximum absolute atomic E-state index is 13.0. The van der Waals surface area contributed by atoms with E-state index in [0.717, 1.165) is 0 Å². The van der Waals surface area contributed by atoms with Gasteiger partial charge in [0.1, 0.15) is 12.4 Å². The zero-order valence-corrected chi connectivity index (χ0v) is 11.1. The van der Waals surface area contributed by atoms with Crippen molar-refractivity contribution in [1.82, 2.24) is 10.6 Å². The van der Waals surface area contributed by atoms with E-state index < -0.39 is 5.97 Å². The minimum atomic E-state index is -0.440. The molecule has 1 aromatic rings. The van der Waals surface area contributed by atoms with E-state index in [9.17, 15) is 9.18 Å². The van der Waals surface area contributed by atoms with Crippen LogP contribution < -0.4 is 10.6 Å². The van der Waals surface area contributed by atoms with Gasteiger partial charge >= 0.3 is 5.97 Å². The van der Waals surface area contributed by atoms with Crippen molar-refractivity contribution >= 4 is 23.3 Å². The Morgan fingerprint density at radius 1 is 1.53 bits per heavy atom. The highest BCUT2D eigenvalue weighted by atomic mass is 32.1. The first-order chi connectivity index (χ1) is 9.06. The first-order valence-corrected chi connectivity index (χ1v) is 6.13. The van der Waals surface area contributed by atoms with E-state index in [2.05, 4.69) is 10.6 Å². The third kappa shape index (κ3) is 3.51. The van der Waals surface area contributed by atoms with E-state index in [1.54, 1.807) is 19.1 Å². The molecule has 0 saturated carbocycles. The summed E-state index contributed by atoms with van der Waals surface area (Å²) in [6.45, 7) is 2.13. The van der Waals surface area contributed by atoms with E-state index in [1.165, 1.54) is 12.1 Å². The van der Waals surface area contributed by atoms with Gasteiger partial charge in [0.05, 0.1) is 12.1 Å². The van der Waals surface area contributed by atoms with Gasteiger partial charge in [0.15, 0.2) is 5.11 Å². The van der Waals surface area contributed by atoms with Crippen LogP contribution in [0.4, 0.5) is 4.39 Å². The fourth-order valence-corrected chi connectivity index (χ4v) is 1.90. The summed E-state index contributed by atoms with van der Waals surface area (Å²) >= 11 is 4.93. The van der Waals surface area contributed by atoms with Crippen molar-refractivity contribution in [2.24, 2.45) is 0 Å². The maximum Gasteiger partial charge on any atom is 0.337 e. The number of hydrogen-bond donors (Lipinski definition) is 2. The second kappa shape index (κ2) is 5.79. The Hall–Kier alpha value is -1.95. The second-order valence-corrected chi connectivity index (χ2v) is 4.53. The molecule has 1 aliphatic heterocycles. The van der Waals surface area contributed by atoms with Crippen molar-refractivity contribution in [3.8, 4) is 0 Å². The summed E-state index contributed by atoms with van der Waals surface area (Å²) in [5, 5.41) is 6.19. The molecule has 0 spiro atoms. The van der Waals surface area contributed by atoms with E-state index >= 15 is 0 Å². The molecule has 1 aromatic carbocycles. The number of thiocarbonyl (C=S) groups is 1. The van der Waals surface area contributed by atoms with Gasteiger partial charge < -0.3 is 15.4 Å². The Kier molecular flexibility index (Phi) is 4.11. The van der Waals surface area contributed by atoms with Crippen molar-refractivity contribution in [3.63, 3.8) is 0 Å². The minimum absolute atomic E-state index is 0.0395. The number of ether oxygens (including phenoxy) is 1. The van der Waals surface area contributed by atoms with Crippen LogP contribution in [0.2, 0.25) is 0 Å². The van der Waals surface area contributed by atoms with Crippen LogP contribution in [0.25, 0.3) is 0 Å². The van der Waals surface area contributed by atoms with Crippen molar-refractivity contribution in [1.29, 1.82) is 0 Å². The van der Waals surface area contributed by atoms with Crippen LogP contribution in [0.3, 0.4) is 0 Å². The smallest absolute Gasteiger partial charge is 0.337 e. The molecule has 0 atom stereocenters. The molecule has 4 nitrogen and oxygen atoms in total. The fraction of sp³-hybridized carbons (Fsp3) is 0.231. The van der Waals surface area contributed by atoms with Crippen LogP contribution in [0.15, 0.2) is 35.5 Å². The van der Waals surface area contributed by atoms with E-state index in [-0.39, 0.29) is 12.4 Å². The van der Waals surface area contributed by atoms with Crippen molar-refractivity contribution < 1.29 is 13.9 Å². The molecular formula is C13H13FN2O2S. The molecule has 0 amide bonds. The molecule has 0 aliphatic carbocycles. The van der Waals surface area contributed by atoms with Gasteiger partial charge in [-0.2, -0.15) is 0 Å². The van der Waals surface area contributed by atoms with Gasteiger partial charge in [-0.3, -0.25) is 0 Å². The summed E-state index contributed by atoms with van der Waals surface area (Å²) in [7, 11) is 0. The summed E-state index contributed by atoms with van der Waals surface area (Å²) in [4.78, 5) is 11.9. The van der Waals surface area contributed by atoms with Crippen molar-refractivity contribution in [2.45, 2.75) is 13.5 Å². The normalized spacial score (nSPS) is 14.7. The first-order valence-electron chi connectivity index (χ1n) is 5.72. The Labute approximate surface area is 115 Å². The van der Waals surface area contributed by atoms with Crippen LogP contribution in [0, 0.1) is 5.82 Å². The lowest BCUT2D eigenvalue weighted by molar-refractivity contribution is -0.140. The molecule has 0 fully saturated rings. The Balaban J connectivity index is 1.98. The average molecular weight is 280 g/mol. The predicted octanol–water partition coefficient (Wildman–Crippen LogP) is 1.62. The number of carbonyl (C=O) groups excluding carboxylic acids is 1. The topological polar surface area (TPSA) is 50.4 Å². The molecule has 1 heterocycles. The zero-order chi connectivity index (χ0) is 13.8. The summed E-state index contributed by atoms with van der Waals surface area (Å²) in [6, 6.07) is 5.95. The Morgan fingerprint density at radius 2 is 2.32 bits per heavy atom. The average Bonchev–Trinajstić information content (AvgIpc) is 2.36. The van der Waals surface area contributed by atoms with Crippen LogP contribution in [-0.4, -0.2) is 17.6 Å². The second-order valence-electron chi connectivity index (χ2n) is 4.12. The third-order valence-electron chi connectivity index (χ3n) is 2.68. The predicted molar refractivity (Wildman–Crippen MR) is 72.6 cm³/mol. The number of nitrogens with one attached hydrogen (secondary N) is 2. The highest BCUT2D eigenvalue weighted by Gasteiger charge is 2.19. The SMILES string of the molecule is CC1=C(C(=O)OCc2cccc(F)c2)CNC(=S)N1. The monoisotopic (exact) mass is 280 g/mol. The number of esters is 1. The molecular weight excluding hydrogens is 267 g/mol. The highest BCUT2D eigenvalue weighted by Crippen LogP contribution is 2.10. The third-order valence-corrected chi connectivity index (χ3v) is 2.93. The molecule has 0 aromatic heterocycles. The molecule has 2 N–H and O–H groups in total. The number of allylic oxidation sites excluding steroid dienone is 1. The van der Waals surface area contributed by atoms with Crippen LogP contribution in [0.5, 0.6) is 0 Å². The van der Waals surface area contributed by atoms with Gasteiger partial charge in [-0.05, 0) is 36.8 Å². The lowest BCUT2D eigenvalue weighted by atomic mass is 10.2. The standard InChI is InChI=1S/C13H13FN2O2S/c1-8-11(6-15-13(19)16-8)12(17)18-7-9-3-2-4-10(14)5-9/h2-5H,6-7H2,1H3,(H2,15,16,19). The molecule has 100 valence electrons. The molecule has 0 bridgehead atoms. The number of benzene rings is 1. The van der Waals surface area contributed by atoms with E-state index in [1.807, 2.05) is 0 Å². The number of halogens is 1. The summed E-state index contributed by atoms with van der Waals surface area (Å²) in [5.41, 5.74) is 1.77. The molecule has 0 saturated heterocycles. The summed E-state index contributed by atoms with van der Waals surface area (Å²) in [5.74, 6) is -0.792. The number of hydrogen-bond acceptors (Lipinski definition) is 3. The largest absolute Gasteiger partial charge is 0.457 e. The lowest BCUT2D eigenvalue weighted by Crippen LogP contribution is -2.42. The molecule has 0 radical (unpaired) electrons. The number of rotatable bonds is 3. The van der Waals surface area contributed by atoms with Crippen molar-refractivity contribution in [2.75, 3.05) is 6.54 Å². The molecule has 0 unspecified atom stereocenters. The Morgan fingerprint density at radius 3 is 3.00 bits per heavy atom. The van der Waals surface area contributed by atoms with Gasteiger partial charge in [-0.25, -0.2) is 9.18 Å². The van der Waals surface area contributed by atoms with Crippen LogP contribution in [0.1, 0.15) is 12.5 Å². The number of carbonyl (C=O) groups is 1. The summed E-state index contributed by atoms with van der Waals surface area (Å²) in [6.07, 6.45) is 0. The lowest BCUT2D eigenvalue weighted by Gasteiger charge is -2.20. The molecule has 2 rings (SSSR count). The van der Waals surface area contributed by atoms with E-state index in [4.69, 9.17) is 17.0 Å². The van der Waals surface area contributed by atoms with Gasteiger partial charge in [-0.1, -0.05) is 12.1 Å². The van der Waals surface area contributed by atoms with Gasteiger partial charge in [0.2, 0.25) is 0 Å². The molecule has 1 aliphatic rings. The Bertz CT molecular complexity index is 557. The van der Waals surface area contributed by atoms with Crippen LogP contribution >= 0.6 is 12.2 Å². The molecule has 6 heteroatoms. The first kappa shape index (κ1) is 13.5. The summed E-state index contributed by atoms with van der Waals surface area (Å²) < 4.78 is 18.1. The van der Waals surface area contributed by atoms with Crippen LogP contribution in [-0.2, 0) is 16.1 Å². The van der Waals surface area contributed by atoms with Gasteiger partial charge in [0, 0.05) is 5.70 Å².